The number of hydrogen-bond acceptors (Lipinski definition) is 5. The van der Waals surface area contributed by atoms with E-state index >= 15 is 0 Å². The first-order chi connectivity index (χ1) is 14.3. The minimum atomic E-state index is -0.691. The predicted octanol–water partition coefficient (Wildman–Crippen LogP) is 4.67. The van der Waals surface area contributed by atoms with Crippen molar-refractivity contribution in [3.05, 3.63) is 97.8 Å². The molecule has 1 aromatic heterocycles. The number of rotatable bonds is 6. The van der Waals surface area contributed by atoms with Crippen LogP contribution in [-0.2, 0) is 4.79 Å². The van der Waals surface area contributed by atoms with Crippen molar-refractivity contribution in [3.63, 3.8) is 0 Å². The second kappa shape index (κ2) is 9.19. The summed E-state index contributed by atoms with van der Waals surface area (Å²) in [5.74, 6) is -1.56. The molecule has 1 heterocycles. The molecule has 2 amide bonds. The van der Waals surface area contributed by atoms with E-state index in [1.165, 1.54) is 12.1 Å². The van der Waals surface area contributed by atoms with E-state index in [9.17, 15) is 19.7 Å². The van der Waals surface area contributed by atoms with Crippen molar-refractivity contribution >= 4 is 45.4 Å². The fraction of sp³-hybridized carbons (Fsp3) is 0.0476. The van der Waals surface area contributed by atoms with Crippen LogP contribution in [0.25, 0.3) is 6.08 Å². The molecule has 2 N–H and O–H groups in total. The lowest BCUT2D eigenvalue weighted by molar-refractivity contribution is -0.402. The first-order valence-electron chi connectivity index (χ1n) is 8.73. The quantitative estimate of drug-likeness (QED) is 0.309. The molecule has 2 aromatic carbocycles. The molecule has 0 aliphatic carbocycles. The molecule has 30 heavy (non-hydrogen) atoms. The maximum Gasteiger partial charge on any atom is 0.433 e. The molecule has 0 radical (unpaired) electrons. The largest absolute Gasteiger partial charge is 0.433 e. The number of halogens is 1. The van der Waals surface area contributed by atoms with Crippen molar-refractivity contribution in [2.45, 2.75) is 6.92 Å². The van der Waals surface area contributed by atoms with Crippen molar-refractivity contribution in [1.29, 1.82) is 0 Å². The van der Waals surface area contributed by atoms with Gasteiger partial charge in [0, 0.05) is 21.8 Å². The summed E-state index contributed by atoms with van der Waals surface area (Å²) in [5.41, 5.74) is 1.74. The van der Waals surface area contributed by atoms with Gasteiger partial charge in [0.2, 0.25) is 0 Å². The van der Waals surface area contributed by atoms with Crippen LogP contribution in [0.2, 0.25) is 0 Å². The zero-order valence-corrected chi connectivity index (χ0v) is 17.3. The van der Waals surface area contributed by atoms with Crippen molar-refractivity contribution < 1.29 is 18.9 Å². The predicted molar refractivity (Wildman–Crippen MR) is 115 cm³/mol. The standard InChI is InChI=1S/C21H16BrN3O5/c1-13-5-7-16(8-6-13)23-21(27)18(12-17-9-10-19(30-17)25(28)29)24-20(26)14-3-2-4-15(22)11-14/h2-12H,1H3,(H,23,27)(H,24,26)/b18-12+. The Morgan fingerprint density at radius 2 is 1.83 bits per heavy atom. The smallest absolute Gasteiger partial charge is 0.401 e. The van der Waals surface area contributed by atoms with Crippen LogP contribution in [0, 0.1) is 17.0 Å². The third-order valence-electron chi connectivity index (χ3n) is 3.97. The maximum atomic E-state index is 12.8. The van der Waals surface area contributed by atoms with Gasteiger partial charge in [0.1, 0.15) is 16.4 Å². The van der Waals surface area contributed by atoms with Gasteiger partial charge in [0.05, 0.1) is 6.07 Å². The number of carbonyl (C=O) groups excluding carboxylic acids is 2. The zero-order chi connectivity index (χ0) is 21.7. The second-order valence-electron chi connectivity index (χ2n) is 6.28. The van der Waals surface area contributed by atoms with Crippen LogP contribution in [0.3, 0.4) is 0 Å². The van der Waals surface area contributed by atoms with Crippen molar-refractivity contribution in [1.82, 2.24) is 5.32 Å². The van der Waals surface area contributed by atoms with Crippen molar-refractivity contribution in [2.24, 2.45) is 0 Å². The van der Waals surface area contributed by atoms with E-state index in [-0.39, 0.29) is 11.5 Å². The molecule has 9 heteroatoms. The SMILES string of the molecule is Cc1ccc(NC(=O)/C(=C\c2ccc([N+](=O)[O-])o2)NC(=O)c2cccc(Br)c2)cc1. The minimum absolute atomic E-state index is 0.0466. The Morgan fingerprint density at radius 1 is 1.10 bits per heavy atom. The van der Waals surface area contributed by atoms with Gasteiger partial charge in [-0.1, -0.05) is 39.7 Å². The molecular formula is C21H16BrN3O5. The number of aryl methyl sites for hydroxylation is 1. The molecule has 0 atom stereocenters. The number of benzene rings is 2. The fourth-order valence-electron chi connectivity index (χ4n) is 2.48. The lowest BCUT2D eigenvalue weighted by atomic mass is 10.2. The van der Waals surface area contributed by atoms with E-state index in [0.29, 0.717) is 15.7 Å². The van der Waals surface area contributed by atoms with Crippen molar-refractivity contribution in [3.8, 4) is 0 Å². The molecule has 0 aliphatic heterocycles. The van der Waals surface area contributed by atoms with Gasteiger partial charge in [-0.15, -0.1) is 0 Å². The lowest BCUT2D eigenvalue weighted by Gasteiger charge is -2.11. The summed E-state index contributed by atoms with van der Waals surface area (Å²) in [6, 6.07) is 16.2. The van der Waals surface area contributed by atoms with E-state index in [4.69, 9.17) is 4.42 Å². The van der Waals surface area contributed by atoms with E-state index < -0.39 is 22.6 Å². The third-order valence-corrected chi connectivity index (χ3v) is 4.46. The molecule has 8 nitrogen and oxygen atoms in total. The van der Waals surface area contributed by atoms with Gasteiger partial charge in [-0.25, -0.2) is 0 Å². The van der Waals surface area contributed by atoms with Crippen LogP contribution in [0.15, 0.2) is 75.3 Å². The van der Waals surface area contributed by atoms with E-state index in [2.05, 4.69) is 26.6 Å². The van der Waals surface area contributed by atoms with E-state index in [1.54, 1.807) is 36.4 Å². The van der Waals surface area contributed by atoms with E-state index in [1.807, 2.05) is 19.1 Å². The molecule has 0 saturated heterocycles. The summed E-state index contributed by atoms with van der Waals surface area (Å²) in [5, 5.41) is 16.1. The average Bonchev–Trinajstić information content (AvgIpc) is 3.18. The fourth-order valence-corrected chi connectivity index (χ4v) is 2.88. The summed E-state index contributed by atoms with van der Waals surface area (Å²) < 4.78 is 5.78. The molecule has 0 saturated carbocycles. The van der Waals surface area contributed by atoms with Crippen LogP contribution in [0.4, 0.5) is 11.6 Å². The molecule has 3 aromatic rings. The molecule has 152 valence electrons. The topological polar surface area (TPSA) is 114 Å². The lowest BCUT2D eigenvalue weighted by Crippen LogP contribution is -2.30. The molecule has 3 rings (SSSR count). The van der Waals surface area contributed by atoms with Crippen LogP contribution in [0.5, 0.6) is 0 Å². The third kappa shape index (κ3) is 5.42. The van der Waals surface area contributed by atoms with Crippen molar-refractivity contribution in [2.75, 3.05) is 5.32 Å². The Morgan fingerprint density at radius 3 is 2.47 bits per heavy atom. The van der Waals surface area contributed by atoms with Gasteiger partial charge >= 0.3 is 5.88 Å². The van der Waals surface area contributed by atoms with Crippen LogP contribution in [0.1, 0.15) is 21.7 Å². The van der Waals surface area contributed by atoms with Crippen LogP contribution < -0.4 is 10.6 Å². The number of nitrogens with zero attached hydrogens (tertiary/aromatic N) is 1. The Labute approximate surface area is 179 Å². The van der Waals surface area contributed by atoms with Crippen LogP contribution in [-0.4, -0.2) is 16.7 Å². The average molecular weight is 470 g/mol. The monoisotopic (exact) mass is 469 g/mol. The van der Waals surface area contributed by atoms with Gasteiger partial charge in [0.15, 0.2) is 0 Å². The minimum Gasteiger partial charge on any atom is -0.401 e. The number of anilines is 1. The molecule has 0 spiro atoms. The summed E-state index contributed by atoms with van der Waals surface area (Å²) >= 11 is 3.29. The summed E-state index contributed by atoms with van der Waals surface area (Å²) in [4.78, 5) is 35.6. The molecule has 0 aliphatic rings. The molecular weight excluding hydrogens is 454 g/mol. The summed E-state index contributed by atoms with van der Waals surface area (Å²) in [7, 11) is 0. The normalized spacial score (nSPS) is 11.1. The number of nitro groups is 1. The van der Waals surface area contributed by atoms with Gasteiger partial charge in [-0.05, 0) is 43.3 Å². The molecule has 0 unspecified atom stereocenters. The number of nitrogens with one attached hydrogen (secondary N) is 2. The summed E-state index contributed by atoms with van der Waals surface area (Å²) in [6.07, 6.45) is 1.23. The Kier molecular flexibility index (Phi) is 6.43. The van der Waals surface area contributed by atoms with Gasteiger partial charge in [-0.2, -0.15) is 0 Å². The number of carbonyl (C=O) groups is 2. The van der Waals surface area contributed by atoms with E-state index in [0.717, 1.165) is 11.6 Å². The highest BCUT2D eigenvalue weighted by molar-refractivity contribution is 9.10. The zero-order valence-electron chi connectivity index (χ0n) is 15.7. The summed E-state index contributed by atoms with van der Waals surface area (Å²) in [6.45, 7) is 1.92. The number of amides is 2. The number of furan rings is 1. The Hall–Kier alpha value is -3.72. The van der Waals surface area contributed by atoms with Gasteiger partial charge in [-0.3, -0.25) is 19.7 Å². The second-order valence-corrected chi connectivity index (χ2v) is 7.19. The van der Waals surface area contributed by atoms with Gasteiger partial charge in [0.25, 0.3) is 11.8 Å². The first-order valence-corrected chi connectivity index (χ1v) is 9.52. The van der Waals surface area contributed by atoms with Crippen LogP contribution >= 0.6 is 15.9 Å². The highest BCUT2D eigenvalue weighted by Crippen LogP contribution is 2.19. The molecule has 0 bridgehead atoms. The maximum absolute atomic E-state index is 12.8. The Balaban J connectivity index is 1.89. The highest BCUT2D eigenvalue weighted by atomic mass is 79.9. The van der Waals surface area contributed by atoms with Gasteiger partial charge < -0.3 is 15.1 Å². The Bertz CT molecular complexity index is 1140. The molecule has 0 fully saturated rings. The highest BCUT2D eigenvalue weighted by Gasteiger charge is 2.18. The first kappa shape index (κ1) is 21.0. The number of hydrogen-bond donors (Lipinski definition) is 2.